The lowest BCUT2D eigenvalue weighted by Gasteiger charge is -2.16. The maximum atomic E-state index is 12.5. The number of ether oxygens (including phenoxy) is 1. The highest BCUT2D eigenvalue weighted by atomic mass is 16.6. The van der Waals surface area contributed by atoms with E-state index in [4.69, 9.17) is 9.15 Å². The van der Waals surface area contributed by atoms with Gasteiger partial charge in [0.1, 0.15) is 11.4 Å². The molecule has 0 unspecified atom stereocenters. The van der Waals surface area contributed by atoms with Gasteiger partial charge in [0.2, 0.25) is 5.76 Å². The van der Waals surface area contributed by atoms with Gasteiger partial charge in [-0.1, -0.05) is 25.1 Å². The second kappa shape index (κ2) is 7.65. The second-order valence-electron chi connectivity index (χ2n) is 6.51. The second-order valence-corrected chi connectivity index (χ2v) is 6.51. The summed E-state index contributed by atoms with van der Waals surface area (Å²) in [6.45, 7) is 7.36. The molecular formula is C20H23N3O4. The van der Waals surface area contributed by atoms with Crippen molar-refractivity contribution in [3.05, 3.63) is 47.9 Å². The summed E-state index contributed by atoms with van der Waals surface area (Å²) in [6.07, 6.45) is 1.52. The molecule has 0 bridgehead atoms. The molecule has 0 saturated carbocycles. The molecule has 1 aromatic carbocycles. The number of rotatable bonds is 6. The van der Waals surface area contributed by atoms with Crippen LogP contribution in [0.3, 0.4) is 0 Å². The lowest BCUT2D eigenvalue weighted by molar-refractivity contribution is -0.123. The van der Waals surface area contributed by atoms with Gasteiger partial charge in [0, 0.05) is 17.0 Å². The van der Waals surface area contributed by atoms with Crippen molar-refractivity contribution in [3.63, 3.8) is 0 Å². The van der Waals surface area contributed by atoms with E-state index in [1.54, 1.807) is 29.9 Å². The molecule has 0 aliphatic heterocycles. The summed E-state index contributed by atoms with van der Waals surface area (Å²) in [7, 11) is 0. The number of nitrogens with zero attached hydrogens (tertiary/aromatic N) is 2. The van der Waals surface area contributed by atoms with Crippen LogP contribution >= 0.6 is 0 Å². The number of benzene rings is 1. The lowest BCUT2D eigenvalue weighted by atomic mass is 10.1. The fourth-order valence-electron chi connectivity index (χ4n) is 2.80. The van der Waals surface area contributed by atoms with Gasteiger partial charge in [-0.15, -0.1) is 0 Å². The van der Waals surface area contributed by atoms with E-state index < -0.39 is 18.0 Å². The molecule has 0 radical (unpaired) electrons. The minimum absolute atomic E-state index is 0.112. The summed E-state index contributed by atoms with van der Waals surface area (Å²) in [6, 6.07) is 9.21. The van der Waals surface area contributed by atoms with Gasteiger partial charge in [-0.25, -0.2) is 9.48 Å². The predicted octanol–water partition coefficient (Wildman–Crippen LogP) is 4.09. The molecule has 27 heavy (non-hydrogen) atoms. The molecule has 0 spiro atoms. The van der Waals surface area contributed by atoms with Crippen molar-refractivity contribution in [2.45, 2.75) is 46.3 Å². The molecule has 3 rings (SSSR count). The van der Waals surface area contributed by atoms with Gasteiger partial charge in [-0.2, -0.15) is 5.10 Å². The van der Waals surface area contributed by atoms with Crippen LogP contribution in [0.25, 0.3) is 11.0 Å². The summed E-state index contributed by atoms with van der Waals surface area (Å²) in [5.74, 6) is -0.415. The summed E-state index contributed by atoms with van der Waals surface area (Å²) in [4.78, 5) is 24.9. The van der Waals surface area contributed by atoms with Gasteiger partial charge in [0.25, 0.3) is 5.91 Å². The van der Waals surface area contributed by atoms with Crippen LogP contribution in [-0.4, -0.2) is 27.8 Å². The van der Waals surface area contributed by atoms with E-state index in [9.17, 15) is 9.59 Å². The van der Waals surface area contributed by atoms with Crippen LogP contribution in [-0.2, 0) is 9.53 Å². The molecule has 1 N–H and O–H groups in total. The number of hydrogen-bond donors (Lipinski definition) is 1. The Hall–Kier alpha value is -3.09. The monoisotopic (exact) mass is 369 g/mol. The number of nitrogens with one attached hydrogen (secondary N) is 1. The van der Waals surface area contributed by atoms with Crippen LogP contribution in [0.1, 0.15) is 49.4 Å². The summed E-state index contributed by atoms with van der Waals surface area (Å²) in [5.41, 5.74) is 1.30. The third-order valence-corrected chi connectivity index (χ3v) is 4.61. The number of carbonyl (C=O) groups excluding carboxylic acids is 2. The first-order valence-electron chi connectivity index (χ1n) is 8.95. The van der Waals surface area contributed by atoms with Crippen LogP contribution < -0.4 is 5.32 Å². The SMILES string of the molecule is CC[C@H](C)n1nccc1NC(=O)[C@@H](C)OC(=O)c1oc2ccccc2c1C. The fourth-order valence-corrected chi connectivity index (χ4v) is 2.80. The zero-order valence-corrected chi connectivity index (χ0v) is 15.9. The Balaban J connectivity index is 1.70. The Morgan fingerprint density at radius 2 is 2.00 bits per heavy atom. The highest BCUT2D eigenvalue weighted by molar-refractivity contribution is 5.99. The van der Waals surface area contributed by atoms with Gasteiger partial charge < -0.3 is 14.5 Å². The van der Waals surface area contributed by atoms with Crippen molar-refractivity contribution in [1.82, 2.24) is 9.78 Å². The van der Waals surface area contributed by atoms with Crippen LogP contribution in [0.4, 0.5) is 5.82 Å². The molecular weight excluding hydrogens is 346 g/mol. The zero-order chi connectivity index (χ0) is 19.6. The van der Waals surface area contributed by atoms with Crippen molar-refractivity contribution in [1.29, 1.82) is 0 Å². The number of esters is 1. The Morgan fingerprint density at radius 1 is 1.26 bits per heavy atom. The third kappa shape index (κ3) is 3.72. The van der Waals surface area contributed by atoms with Crippen LogP contribution in [0.2, 0.25) is 0 Å². The van der Waals surface area contributed by atoms with Crippen molar-refractivity contribution in [2.24, 2.45) is 0 Å². The molecule has 142 valence electrons. The van der Waals surface area contributed by atoms with E-state index in [2.05, 4.69) is 10.4 Å². The number of amides is 1. The Morgan fingerprint density at radius 3 is 2.70 bits per heavy atom. The zero-order valence-electron chi connectivity index (χ0n) is 15.9. The van der Waals surface area contributed by atoms with Gasteiger partial charge in [-0.3, -0.25) is 4.79 Å². The first-order chi connectivity index (χ1) is 12.9. The van der Waals surface area contributed by atoms with Crippen molar-refractivity contribution >= 4 is 28.7 Å². The van der Waals surface area contributed by atoms with E-state index in [-0.39, 0.29) is 11.8 Å². The topological polar surface area (TPSA) is 86.4 Å². The Labute approximate surface area is 157 Å². The number of furan rings is 1. The van der Waals surface area contributed by atoms with Gasteiger partial charge in [0.15, 0.2) is 6.10 Å². The fraction of sp³-hybridized carbons (Fsp3) is 0.350. The molecule has 3 aromatic rings. The number of para-hydroxylation sites is 1. The maximum Gasteiger partial charge on any atom is 0.375 e. The lowest BCUT2D eigenvalue weighted by Crippen LogP contribution is -2.31. The normalized spacial score (nSPS) is 13.3. The standard InChI is InChI=1S/C20H23N3O4/c1-5-12(2)23-17(10-11-21-23)22-19(24)14(4)26-20(25)18-13(3)15-8-6-7-9-16(15)27-18/h6-12,14H,5H2,1-4H3,(H,22,24)/t12-,14+/m0/s1. The first kappa shape index (κ1) is 18.7. The van der Waals surface area contributed by atoms with Crippen molar-refractivity contribution < 1.29 is 18.7 Å². The molecule has 2 atom stereocenters. The number of carbonyl (C=O) groups is 2. The van der Waals surface area contributed by atoms with E-state index in [0.29, 0.717) is 17.0 Å². The van der Waals surface area contributed by atoms with E-state index in [0.717, 1.165) is 11.8 Å². The molecule has 0 fully saturated rings. The molecule has 0 aliphatic carbocycles. The number of anilines is 1. The summed E-state index contributed by atoms with van der Waals surface area (Å²) >= 11 is 0. The van der Waals surface area contributed by atoms with Gasteiger partial charge >= 0.3 is 5.97 Å². The quantitative estimate of drug-likeness (QED) is 0.661. The van der Waals surface area contributed by atoms with Crippen molar-refractivity contribution in [2.75, 3.05) is 5.32 Å². The average Bonchev–Trinajstić information content (AvgIpc) is 3.26. The Bertz CT molecular complexity index is 973. The first-order valence-corrected chi connectivity index (χ1v) is 8.95. The molecule has 7 heteroatoms. The number of fused-ring (bicyclic) bond motifs is 1. The molecule has 0 aliphatic rings. The third-order valence-electron chi connectivity index (χ3n) is 4.61. The largest absolute Gasteiger partial charge is 0.449 e. The minimum atomic E-state index is -0.981. The van der Waals surface area contributed by atoms with Gasteiger partial charge in [-0.05, 0) is 33.3 Å². The van der Waals surface area contributed by atoms with Crippen LogP contribution in [0, 0.1) is 6.92 Å². The van der Waals surface area contributed by atoms with Crippen LogP contribution in [0.5, 0.6) is 0 Å². The molecule has 0 saturated heterocycles. The molecule has 2 aromatic heterocycles. The number of aromatic nitrogens is 2. The van der Waals surface area contributed by atoms with Crippen LogP contribution in [0.15, 0.2) is 40.9 Å². The maximum absolute atomic E-state index is 12.5. The average molecular weight is 369 g/mol. The van der Waals surface area contributed by atoms with E-state index in [1.165, 1.54) is 6.92 Å². The predicted molar refractivity (Wildman–Crippen MR) is 102 cm³/mol. The number of aryl methyl sites for hydroxylation is 1. The van der Waals surface area contributed by atoms with E-state index in [1.807, 2.05) is 32.0 Å². The van der Waals surface area contributed by atoms with Crippen molar-refractivity contribution in [3.8, 4) is 0 Å². The van der Waals surface area contributed by atoms with E-state index >= 15 is 0 Å². The highest BCUT2D eigenvalue weighted by Gasteiger charge is 2.25. The highest BCUT2D eigenvalue weighted by Crippen LogP contribution is 2.26. The smallest absolute Gasteiger partial charge is 0.375 e. The molecule has 7 nitrogen and oxygen atoms in total. The molecule has 2 heterocycles. The minimum Gasteiger partial charge on any atom is -0.449 e. The summed E-state index contributed by atoms with van der Waals surface area (Å²) < 4.78 is 12.6. The molecule has 1 amide bonds. The number of hydrogen-bond acceptors (Lipinski definition) is 5. The Kier molecular flexibility index (Phi) is 5.30. The van der Waals surface area contributed by atoms with Gasteiger partial charge in [0.05, 0.1) is 12.2 Å². The summed E-state index contributed by atoms with van der Waals surface area (Å²) in [5, 5.41) is 7.83.